The normalized spacial score (nSPS) is 10.8. The summed E-state index contributed by atoms with van der Waals surface area (Å²) in [4.78, 5) is 20.7. The molecule has 3 aromatic heterocycles. The molecule has 5 aromatic rings. The Morgan fingerprint density at radius 2 is 1.72 bits per heavy atom. The van der Waals surface area contributed by atoms with Gasteiger partial charge in [-0.3, -0.25) is 19.9 Å². The van der Waals surface area contributed by atoms with Crippen LogP contribution in [0.4, 0.5) is 10.1 Å². The predicted molar refractivity (Wildman–Crippen MR) is 118 cm³/mol. The number of benzene rings is 2. The Balaban J connectivity index is 1.45. The summed E-state index contributed by atoms with van der Waals surface area (Å²) in [6.07, 6.45) is 5.79. The van der Waals surface area contributed by atoms with E-state index in [4.69, 9.17) is 4.74 Å². The van der Waals surface area contributed by atoms with Gasteiger partial charge in [0.1, 0.15) is 17.3 Å². The zero-order valence-electron chi connectivity index (χ0n) is 16.6. The molecule has 3 heterocycles. The van der Waals surface area contributed by atoms with Crippen molar-refractivity contribution < 1.29 is 13.9 Å². The summed E-state index contributed by atoms with van der Waals surface area (Å²) in [7, 11) is 0. The van der Waals surface area contributed by atoms with Gasteiger partial charge in [-0.1, -0.05) is 24.3 Å². The number of amides is 1. The maximum atomic E-state index is 13.4. The zero-order valence-corrected chi connectivity index (χ0v) is 16.6. The van der Waals surface area contributed by atoms with Gasteiger partial charge in [0, 0.05) is 23.2 Å². The lowest BCUT2D eigenvalue weighted by Gasteiger charge is -2.08. The number of anilines is 1. The number of nitrogens with zero attached hydrogens (tertiary/aromatic N) is 3. The van der Waals surface area contributed by atoms with E-state index in [-0.39, 0.29) is 11.4 Å². The van der Waals surface area contributed by atoms with Crippen molar-refractivity contribution in [3.05, 3.63) is 97.0 Å². The predicted octanol–water partition coefficient (Wildman–Crippen LogP) is 5.20. The number of nitrogens with one attached hydrogen (secondary N) is 2. The first kappa shape index (κ1) is 19.4. The number of ether oxygens (including phenoxy) is 1. The van der Waals surface area contributed by atoms with Crippen LogP contribution in [0.2, 0.25) is 0 Å². The average Bonchev–Trinajstić information content (AvgIpc) is 3.23. The van der Waals surface area contributed by atoms with Gasteiger partial charge in [0.15, 0.2) is 5.69 Å². The molecular formula is C24H16FN5O2. The molecule has 0 aliphatic carbocycles. The van der Waals surface area contributed by atoms with Crippen LogP contribution in [-0.2, 0) is 0 Å². The van der Waals surface area contributed by atoms with Crippen molar-refractivity contribution >= 4 is 22.5 Å². The van der Waals surface area contributed by atoms with Crippen molar-refractivity contribution in [2.75, 3.05) is 5.32 Å². The molecule has 7 nitrogen and oxygen atoms in total. The van der Waals surface area contributed by atoms with Gasteiger partial charge in [-0.15, -0.1) is 0 Å². The van der Waals surface area contributed by atoms with E-state index in [1.807, 2.05) is 54.6 Å². The molecule has 0 radical (unpaired) electrons. The molecule has 0 atom stereocenters. The molecule has 8 heteroatoms. The fraction of sp³-hybridized carbons (Fsp3) is 0. The molecule has 5 rings (SSSR count). The lowest BCUT2D eigenvalue weighted by molar-refractivity contribution is 0.102. The van der Waals surface area contributed by atoms with Crippen LogP contribution in [0.5, 0.6) is 11.5 Å². The van der Waals surface area contributed by atoms with Gasteiger partial charge in [-0.2, -0.15) is 5.10 Å². The van der Waals surface area contributed by atoms with E-state index in [0.717, 1.165) is 17.3 Å². The number of para-hydroxylation sites is 1. The van der Waals surface area contributed by atoms with Crippen LogP contribution >= 0.6 is 0 Å². The second kappa shape index (κ2) is 8.27. The summed E-state index contributed by atoms with van der Waals surface area (Å²) in [6, 6.07) is 18.1. The van der Waals surface area contributed by atoms with Gasteiger partial charge in [0.05, 0.1) is 29.8 Å². The number of hydrogen-bond donors (Lipinski definition) is 2. The molecule has 0 aliphatic heterocycles. The number of hydrogen-bond acceptors (Lipinski definition) is 5. The smallest absolute Gasteiger partial charge is 0.276 e. The number of aromatic nitrogens is 4. The third-order valence-electron chi connectivity index (χ3n) is 4.77. The number of pyridine rings is 2. The third kappa shape index (κ3) is 4.01. The van der Waals surface area contributed by atoms with Crippen LogP contribution in [-0.4, -0.2) is 26.1 Å². The van der Waals surface area contributed by atoms with Crippen LogP contribution in [0.25, 0.3) is 22.0 Å². The van der Waals surface area contributed by atoms with E-state index < -0.39 is 11.7 Å². The number of fused-ring (bicyclic) bond motifs is 1. The number of halogens is 1. The SMILES string of the molecule is O=C(Nc1cncc(F)c1)c1n[nH]c2ccc(-c3cncc(Oc4ccccc4)c3)cc12. The first-order valence-corrected chi connectivity index (χ1v) is 9.74. The van der Waals surface area contributed by atoms with Crippen LogP contribution in [0, 0.1) is 5.82 Å². The largest absolute Gasteiger partial charge is 0.456 e. The summed E-state index contributed by atoms with van der Waals surface area (Å²) in [5.41, 5.74) is 2.79. The summed E-state index contributed by atoms with van der Waals surface area (Å²) >= 11 is 0. The number of carbonyl (C=O) groups excluding carboxylic acids is 1. The highest BCUT2D eigenvalue weighted by atomic mass is 19.1. The molecular weight excluding hydrogens is 409 g/mol. The number of rotatable bonds is 5. The standard InChI is InChI=1S/C24H16FN5O2/c25-17-10-18(13-27-12-17)28-24(31)23-21-9-15(6-7-22(21)29-30-23)16-8-20(14-26-11-16)32-19-4-2-1-3-5-19/h1-14H,(H,28,31)(H,29,30). The maximum Gasteiger partial charge on any atom is 0.276 e. The summed E-state index contributed by atoms with van der Waals surface area (Å²) in [5, 5.41) is 10.2. The van der Waals surface area contributed by atoms with Crippen molar-refractivity contribution in [2.24, 2.45) is 0 Å². The van der Waals surface area contributed by atoms with E-state index >= 15 is 0 Å². The Hall–Kier alpha value is -4.59. The van der Waals surface area contributed by atoms with Gasteiger partial charge in [-0.25, -0.2) is 4.39 Å². The molecule has 2 N–H and O–H groups in total. The summed E-state index contributed by atoms with van der Waals surface area (Å²) in [5.74, 6) is 0.294. The second-order valence-corrected chi connectivity index (χ2v) is 7.00. The fourth-order valence-electron chi connectivity index (χ4n) is 3.29. The van der Waals surface area contributed by atoms with Crippen LogP contribution in [0.15, 0.2) is 85.5 Å². The Bertz CT molecular complexity index is 1420. The Morgan fingerprint density at radius 1 is 0.875 bits per heavy atom. The third-order valence-corrected chi connectivity index (χ3v) is 4.77. The minimum atomic E-state index is -0.540. The minimum Gasteiger partial charge on any atom is -0.456 e. The van der Waals surface area contributed by atoms with E-state index in [1.54, 1.807) is 12.4 Å². The summed E-state index contributed by atoms with van der Waals surface area (Å²) < 4.78 is 19.2. The minimum absolute atomic E-state index is 0.191. The molecule has 0 saturated carbocycles. The fourth-order valence-corrected chi connectivity index (χ4v) is 3.29. The molecule has 32 heavy (non-hydrogen) atoms. The highest BCUT2D eigenvalue weighted by Crippen LogP contribution is 2.29. The average molecular weight is 425 g/mol. The molecule has 2 aromatic carbocycles. The number of carbonyl (C=O) groups is 1. The Labute approximate surface area is 181 Å². The molecule has 0 saturated heterocycles. The Kier molecular flexibility index (Phi) is 5.01. The lowest BCUT2D eigenvalue weighted by atomic mass is 10.0. The highest BCUT2D eigenvalue weighted by molar-refractivity contribution is 6.11. The zero-order chi connectivity index (χ0) is 21.9. The molecule has 0 fully saturated rings. The first-order valence-electron chi connectivity index (χ1n) is 9.74. The topological polar surface area (TPSA) is 92.8 Å². The van der Waals surface area contributed by atoms with Crippen molar-refractivity contribution in [2.45, 2.75) is 0 Å². The molecule has 1 amide bonds. The van der Waals surface area contributed by atoms with Crippen LogP contribution < -0.4 is 10.1 Å². The maximum absolute atomic E-state index is 13.4. The number of H-pyrrole nitrogens is 1. The monoisotopic (exact) mass is 425 g/mol. The molecule has 0 bridgehead atoms. The van der Waals surface area contributed by atoms with E-state index in [1.165, 1.54) is 12.3 Å². The van der Waals surface area contributed by atoms with Crippen molar-refractivity contribution in [1.82, 2.24) is 20.2 Å². The van der Waals surface area contributed by atoms with Gasteiger partial charge in [0.25, 0.3) is 5.91 Å². The molecule has 156 valence electrons. The van der Waals surface area contributed by atoms with Gasteiger partial charge in [-0.05, 0) is 35.9 Å². The highest BCUT2D eigenvalue weighted by Gasteiger charge is 2.16. The van der Waals surface area contributed by atoms with Gasteiger partial charge in [0.2, 0.25) is 0 Å². The Morgan fingerprint density at radius 3 is 2.56 bits per heavy atom. The molecule has 0 spiro atoms. The van der Waals surface area contributed by atoms with Gasteiger partial charge >= 0.3 is 0 Å². The van der Waals surface area contributed by atoms with E-state index in [0.29, 0.717) is 22.4 Å². The van der Waals surface area contributed by atoms with Crippen molar-refractivity contribution in [1.29, 1.82) is 0 Å². The van der Waals surface area contributed by atoms with E-state index in [9.17, 15) is 9.18 Å². The van der Waals surface area contributed by atoms with E-state index in [2.05, 4.69) is 25.5 Å². The number of aromatic amines is 1. The molecule has 0 unspecified atom stereocenters. The van der Waals surface area contributed by atoms with Crippen LogP contribution in [0.3, 0.4) is 0 Å². The first-order chi connectivity index (χ1) is 15.7. The van der Waals surface area contributed by atoms with Crippen molar-refractivity contribution in [3.63, 3.8) is 0 Å². The van der Waals surface area contributed by atoms with Crippen molar-refractivity contribution in [3.8, 4) is 22.6 Å². The second-order valence-electron chi connectivity index (χ2n) is 7.00. The summed E-state index contributed by atoms with van der Waals surface area (Å²) in [6.45, 7) is 0. The quantitative estimate of drug-likeness (QED) is 0.404. The van der Waals surface area contributed by atoms with Gasteiger partial charge < -0.3 is 10.1 Å². The lowest BCUT2D eigenvalue weighted by Crippen LogP contribution is -2.13. The van der Waals surface area contributed by atoms with Crippen LogP contribution in [0.1, 0.15) is 10.5 Å². The molecule has 0 aliphatic rings.